The standard InChI is InChI=1S/C12H13ClN4O3/c1-7(5-11(18)19)17-12(14-15-16-17)9-4-3-8(13)6-10(9)20-2/h3-4,6-7H,5H2,1-2H3,(H,18,19). The minimum absolute atomic E-state index is 0.0755. The Balaban J connectivity index is 2.44. The van der Waals surface area contributed by atoms with E-state index >= 15 is 0 Å². The molecule has 2 rings (SSSR count). The van der Waals surface area contributed by atoms with Gasteiger partial charge in [-0.05, 0) is 35.5 Å². The Morgan fingerprint density at radius 1 is 1.55 bits per heavy atom. The van der Waals surface area contributed by atoms with Crippen LogP contribution < -0.4 is 4.74 Å². The number of carbonyl (C=O) groups is 1. The zero-order valence-electron chi connectivity index (χ0n) is 10.9. The molecule has 0 saturated heterocycles. The number of rotatable bonds is 5. The van der Waals surface area contributed by atoms with Gasteiger partial charge in [-0.2, -0.15) is 0 Å². The van der Waals surface area contributed by atoms with Crippen LogP contribution >= 0.6 is 11.6 Å². The fourth-order valence-corrected chi connectivity index (χ4v) is 2.02. The number of aliphatic carboxylic acids is 1. The third-order valence-corrected chi connectivity index (χ3v) is 3.02. The molecule has 0 amide bonds. The Morgan fingerprint density at radius 2 is 2.30 bits per heavy atom. The van der Waals surface area contributed by atoms with Gasteiger partial charge in [-0.1, -0.05) is 11.6 Å². The van der Waals surface area contributed by atoms with Crippen molar-refractivity contribution in [2.75, 3.05) is 7.11 Å². The maximum absolute atomic E-state index is 10.8. The topological polar surface area (TPSA) is 90.1 Å². The minimum atomic E-state index is -0.915. The highest BCUT2D eigenvalue weighted by molar-refractivity contribution is 6.30. The van der Waals surface area contributed by atoms with Gasteiger partial charge in [0.2, 0.25) is 0 Å². The first-order valence-electron chi connectivity index (χ1n) is 5.86. The summed E-state index contributed by atoms with van der Waals surface area (Å²) in [5.41, 5.74) is 0.652. The summed E-state index contributed by atoms with van der Waals surface area (Å²) >= 11 is 5.91. The maximum Gasteiger partial charge on any atom is 0.305 e. The summed E-state index contributed by atoms with van der Waals surface area (Å²) in [6.07, 6.45) is -0.0755. The van der Waals surface area contributed by atoms with Gasteiger partial charge < -0.3 is 9.84 Å². The largest absolute Gasteiger partial charge is 0.496 e. The number of aromatic nitrogens is 4. The van der Waals surface area contributed by atoms with Gasteiger partial charge in [-0.3, -0.25) is 4.79 Å². The van der Waals surface area contributed by atoms with Crippen LogP contribution in [0.15, 0.2) is 18.2 Å². The van der Waals surface area contributed by atoms with Gasteiger partial charge in [0.1, 0.15) is 5.75 Å². The number of ether oxygens (including phenoxy) is 1. The van der Waals surface area contributed by atoms with Crippen molar-refractivity contribution in [2.24, 2.45) is 0 Å². The lowest BCUT2D eigenvalue weighted by molar-refractivity contribution is -0.137. The van der Waals surface area contributed by atoms with E-state index in [-0.39, 0.29) is 12.5 Å². The van der Waals surface area contributed by atoms with Crippen LogP contribution in [0.1, 0.15) is 19.4 Å². The number of carboxylic acid groups (broad SMARTS) is 1. The first kappa shape index (κ1) is 14.3. The molecule has 7 nitrogen and oxygen atoms in total. The van der Waals surface area contributed by atoms with Gasteiger partial charge in [-0.25, -0.2) is 4.68 Å². The second kappa shape index (κ2) is 5.87. The molecular weight excluding hydrogens is 284 g/mol. The minimum Gasteiger partial charge on any atom is -0.496 e. The van der Waals surface area contributed by atoms with Gasteiger partial charge in [-0.15, -0.1) is 5.10 Å². The number of methoxy groups -OCH3 is 1. The quantitative estimate of drug-likeness (QED) is 0.908. The lowest BCUT2D eigenvalue weighted by Crippen LogP contribution is -2.13. The second-order valence-corrected chi connectivity index (χ2v) is 4.67. The van der Waals surface area contributed by atoms with Crippen LogP contribution in [0, 0.1) is 0 Å². The maximum atomic E-state index is 10.8. The van der Waals surface area contributed by atoms with E-state index in [1.807, 2.05) is 0 Å². The predicted molar refractivity (Wildman–Crippen MR) is 71.8 cm³/mol. The highest BCUT2D eigenvalue weighted by Crippen LogP contribution is 2.32. The number of hydrogen-bond acceptors (Lipinski definition) is 5. The van der Waals surface area contributed by atoms with E-state index in [1.165, 1.54) is 11.8 Å². The number of nitrogens with zero attached hydrogens (tertiary/aromatic N) is 4. The van der Waals surface area contributed by atoms with Crippen molar-refractivity contribution in [3.05, 3.63) is 23.2 Å². The van der Waals surface area contributed by atoms with Gasteiger partial charge in [0.25, 0.3) is 0 Å². The molecule has 0 spiro atoms. The molecule has 0 bridgehead atoms. The molecular formula is C12H13ClN4O3. The molecule has 1 unspecified atom stereocenters. The fourth-order valence-electron chi connectivity index (χ4n) is 1.86. The molecule has 0 radical (unpaired) electrons. The van der Waals surface area contributed by atoms with Crippen LogP contribution in [0.25, 0.3) is 11.4 Å². The third kappa shape index (κ3) is 2.88. The summed E-state index contributed by atoms with van der Waals surface area (Å²) < 4.78 is 6.71. The molecule has 0 aliphatic carbocycles. The number of benzene rings is 1. The van der Waals surface area contributed by atoms with E-state index in [0.29, 0.717) is 22.2 Å². The molecule has 0 aliphatic rings. The highest BCUT2D eigenvalue weighted by atomic mass is 35.5. The molecule has 1 atom stereocenters. The van der Waals surface area contributed by atoms with Crippen molar-refractivity contribution in [1.29, 1.82) is 0 Å². The summed E-state index contributed by atoms with van der Waals surface area (Å²) in [6, 6.07) is 4.70. The number of tetrazole rings is 1. The van der Waals surface area contributed by atoms with E-state index in [2.05, 4.69) is 15.5 Å². The molecule has 1 N–H and O–H groups in total. The Kier molecular flexibility index (Phi) is 4.19. The first-order chi connectivity index (χ1) is 9.52. The monoisotopic (exact) mass is 296 g/mol. The van der Waals surface area contributed by atoms with Gasteiger partial charge in [0, 0.05) is 5.02 Å². The van der Waals surface area contributed by atoms with Gasteiger partial charge in [0.05, 0.1) is 25.1 Å². The molecule has 0 fully saturated rings. The van der Waals surface area contributed by atoms with Crippen molar-refractivity contribution in [1.82, 2.24) is 20.2 Å². The molecule has 0 aliphatic heterocycles. The van der Waals surface area contributed by atoms with E-state index in [4.69, 9.17) is 21.4 Å². The molecule has 106 valence electrons. The average molecular weight is 297 g/mol. The van der Waals surface area contributed by atoms with Crippen LogP contribution in [0.4, 0.5) is 0 Å². The Labute approximate surface area is 120 Å². The summed E-state index contributed by atoms with van der Waals surface area (Å²) in [5.74, 6) is 0.0466. The second-order valence-electron chi connectivity index (χ2n) is 4.24. The zero-order chi connectivity index (χ0) is 14.7. The van der Waals surface area contributed by atoms with Crippen molar-refractivity contribution in [3.63, 3.8) is 0 Å². The van der Waals surface area contributed by atoms with Gasteiger partial charge >= 0.3 is 5.97 Å². The van der Waals surface area contributed by atoms with Crippen molar-refractivity contribution < 1.29 is 14.6 Å². The van der Waals surface area contributed by atoms with E-state index in [9.17, 15) is 4.79 Å². The summed E-state index contributed by atoms with van der Waals surface area (Å²) in [7, 11) is 1.52. The zero-order valence-corrected chi connectivity index (χ0v) is 11.7. The third-order valence-electron chi connectivity index (χ3n) is 2.78. The molecule has 20 heavy (non-hydrogen) atoms. The van der Waals surface area contributed by atoms with Gasteiger partial charge in [0.15, 0.2) is 5.82 Å². The van der Waals surface area contributed by atoms with Crippen molar-refractivity contribution in [3.8, 4) is 17.1 Å². The SMILES string of the molecule is COc1cc(Cl)ccc1-c1nnnn1C(C)CC(=O)O. The van der Waals surface area contributed by atoms with Crippen LogP contribution in [0.2, 0.25) is 5.02 Å². The number of hydrogen-bond donors (Lipinski definition) is 1. The fraction of sp³-hybridized carbons (Fsp3) is 0.333. The van der Waals surface area contributed by atoms with Crippen molar-refractivity contribution in [2.45, 2.75) is 19.4 Å². The van der Waals surface area contributed by atoms with Crippen LogP contribution in [0.5, 0.6) is 5.75 Å². The molecule has 1 heterocycles. The van der Waals surface area contributed by atoms with Crippen LogP contribution in [-0.4, -0.2) is 38.4 Å². The summed E-state index contributed by atoms with van der Waals surface area (Å²) in [6.45, 7) is 1.73. The number of halogens is 1. The van der Waals surface area contributed by atoms with E-state index < -0.39 is 5.97 Å². The molecule has 1 aromatic carbocycles. The first-order valence-corrected chi connectivity index (χ1v) is 6.24. The van der Waals surface area contributed by atoms with E-state index in [0.717, 1.165) is 0 Å². The van der Waals surface area contributed by atoms with Crippen LogP contribution in [-0.2, 0) is 4.79 Å². The van der Waals surface area contributed by atoms with Crippen molar-refractivity contribution >= 4 is 17.6 Å². The lowest BCUT2D eigenvalue weighted by atomic mass is 10.1. The van der Waals surface area contributed by atoms with Crippen LogP contribution in [0.3, 0.4) is 0 Å². The summed E-state index contributed by atoms with van der Waals surface area (Å²) in [5, 5.41) is 20.8. The smallest absolute Gasteiger partial charge is 0.305 e. The van der Waals surface area contributed by atoms with E-state index in [1.54, 1.807) is 25.1 Å². The molecule has 1 aromatic heterocycles. The highest BCUT2D eigenvalue weighted by Gasteiger charge is 2.19. The lowest BCUT2D eigenvalue weighted by Gasteiger charge is -2.13. The normalized spacial score (nSPS) is 12.2. The Bertz CT molecular complexity index is 629. The average Bonchev–Trinajstić information content (AvgIpc) is 2.86. The predicted octanol–water partition coefficient (Wildman–Crippen LogP) is 2.04. The number of carboxylic acids is 1. The molecule has 8 heteroatoms. The Morgan fingerprint density at radius 3 is 2.95 bits per heavy atom. The molecule has 0 saturated carbocycles. The summed E-state index contributed by atoms with van der Waals surface area (Å²) in [4.78, 5) is 10.8. The molecule has 2 aromatic rings. The Hall–Kier alpha value is -2.15.